The van der Waals surface area contributed by atoms with Gasteiger partial charge < -0.3 is 20.7 Å². The number of amides is 1. The van der Waals surface area contributed by atoms with E-state index in [1.807, 2.05) is 12.1 Å². The fourth-order valence-electron chi connectivity index (χ4n) is 2.28. The molecule has 1 aliphatic rings. The van der Waals surface area contributed by atoms with Gasteiger partial charge >= 0.3 is 0 Å². The Morgan fingerprint density at radius 3 is 2.65 bits per heavy atom. The van der Waals surface area contributed by atoms with Gasteiger partial charge in [-0.15, -0.1) is 0 Å². The molecule has 0 radical (unpaired) electrons. The van der Waals surface area contributed by atoms with Crippen LogP contribution >= 0.6 is 0 Å². The molecule has 0 spiro atoms. The van der Waals surface area contributed by atoms with Crippen LogP contribution in [0, 0.1) is 0 Å². The third-order valence-corrected chi connectivity index (χ3v) is 3.56. The third-order valence-electron chi connectivity index (χ3n) is 3.56. The van der Waals surface area contributed by atoms with Crippen molar-refractivity contribution in [1.82, 2.24) is 10.2 Å². The van der Waals surface area contributed by atoms with Crippen LogP contribution in [0.25, 0.3) is 0 Å². The Labute approximate surface area is 120 Å². The van der Waals surface area contributed by atoms with E-state index in [-0.39, 0.29) is 5.91 Å². The van der Waals surface area contributed by atoms with Crippen LogP contribution in [-0.4, -0.2) is 43.6 Å². The molecule has 5 nitrogen and oxygen atoms in total. The van der Waals surface area contributed by atoms with Crippen molar-refractivity contribution >= 4 is 11.6 Å². The molecule has 0 unspecified atom stereocenters. The molecule has 1 saturated heterocycles. The number of nitrogen functional groups attached to an aromatic ring is 1. The molecule has 1 amide bonds. The van der Waals surface area contributed by atoms with Gasteiger partial charge in [0.25, 0.3) is 0 Å². The molecule has 1 aliphatic heterocycles. The molecule has 110 valence electrons. The number of nitrogens with two attached hydrogens (primary N) is 1. The number of rotatable bonds is 5. The summed E-state index contributed by atoms with van der Waals surface area (Å²) >= 11 is 0. The first-order valence-corrected chi connectivity index (χ1v) is 7.10. The lowest BCUT2D eigenvalue weighted by atomic mass is 10.1. The monoisotopic (exact) mass is 277 g/mol. The first-order valence-electron chi connectivity index (χ1n) is 7.10. The molecule has 5 heteroatoms. The lowest BCUT2D eigenvalue weighted by molar-refractivity contribution is -0.122. The van der Waals surface area contributed by atoms with E-state index < -0.39 is 0 Å². The van der Waals surface area contributed by atoms with Crippen LogP contribution in [0.15, 0.2) is 24.3 Å². The van der Waals surface area contributed by atoms with Crippen molar-refractivity contribution in [3.63, 3.8) is 0 Å². The summed E-state index contributed by atoms with van der Waals surface area (Å²) in [5, 5.41) is 3.07. The van der Waals surface area contributed by atoms with Crippen molar-refractivity contribution in [2.45, 2.75) is 25.3 Å². The van der Waals surface area contributed by atoms with Crippen LogP contribution in [0.1, 0.15) is 19.3 Å². The SMILES string of the molecule is CN1CCC(NC(=O)CCOc2ccc(N)cc2)CC1. The van der Waals surface area contributed by atoms with E-state index in [1.165, 1.54) is 0 Å². The van der Waals surface area contributed by atoms with E-state index in [9.17, 15) is 4.79 Å². The van der Waals surface area contributed by atoms with Crippen molar-refractivity contribution in [3.05, 3.63) is 24.3 Å². The Bertz CT molecular complexity index is 425. The Kier molecular flexibility index (Phi) is 5.24. The number of nitrogens with one attached hydrogen (secondary N) is 1. The smallest absolute Gasteiger partial charge is 0.223 e. The number of benzene rings is 1. The minimum absolute atomic E-state index is 0.0648. The minimum Gasteiger partial charge on any atom is -0.493 e. The quantitative estimate of drug-likeness (QED) is 0.795. The van der Waals surface area contributed by atoms with Crippen LogP contribution in [-0.2, 0) is 4.79 Å². The molecule has 3 N–H and O–H groups in total. The topological polar surface area (TPSA) is 67.6 Å². The highest BCUT2D eigenvalue weighted by molar-refractivity contribution is 5.76. The summed E-state index contributed by atoms with van der Waals surface area (Å²) in [5.41, 5.74) is 6.30. The zero-order chi connectivity index (χ0) is 14.4. The molecular weight excluding hydrogens is 254 g/mol. The standard InChI is InChI=1S/C15H23N3O2/c1-18-9-6-13(7-10-18)17-15(19)8-11-20-14-4-2-12(16)3-5-14/h2-5,13H,6-11,16H2,1H3,(H,17,19). The normalized spacial score (nSPS) is 16.9. The van der Waals surface area contributed by atoms with E-state index in [2.05, 4.69) is 17.3 Å². The van der Waals surface area contributed by atoms with Gasteiger partial charge in [0.1, 0.15) is 5.75 Å². The number of hydrogen-bond donors (Lipinski definition) is 2. The number of nitrogens with zero attached hydrogens (tertiary/aromatic N) is 1. The van der Waals surface area contributed by atoms with Crippen LogP contribution in [0.3, 0.4) is 0 Å². The summed E-state index contributed by atoms with van der Waals surface area (Å²) in [6.45, 7) is 2.49. The van der Waals surface area contributed by atoms with Gasteiger partial charge in [-0.05, 0) is 57.2 Å². The second kappa shape index (κ2) is 7.14. The summed E-state index contributed by atoms with van der Waals surface area (Å²) in [6, 6.07) is 7.51. The maximum atomic E-state index is 11.8. The molecule has 0 aliphatic carbocycles. The van der Waals surface area contributed by atoms with E-state index in [0.717, 1.165) is 31.7 Å². The molecule has 1 heterocycles. The Morgan fingerprint density at radius 1 is 1.35 bits per heavy atom. The molecule has 1 aromatic rings. The van der Waals surface area contributed by atoms with E-state index >= 15 is 0 Å². The lowest BCUT2D eigenvalue weighted by Gasteiger charge is -2.29. The summed E-state index contributed by atoms with van der Waals surface area (Å²) in [4.78, 5) is 14.1. The van der Waals surface area contributed by atoms with Crippen LogP contribution in [0.4, 0.5) is 5.69 Å². The third kappa shape index (κ3) is 4.74. The number of carbonyl (C=O) groups is 1. The van der Waals surface area contributed by atoms with Crippen molar-refractivity contribution in [2.24, 2.45) is 0 Å². The van der Waals surface area contributed by atoms with Gasteiger partial charge in [-0.1, -0.05) is 0 Å². The lowest BCUT2D eigenvalue weighted by Crippen LogP contribution is -2.43. The van der Waals surface area contributed by atoms with Crippen molar-refractivity contribution in [1.29, 1.82) is 0 Å². The molecule has 0 bridgehead atoms. The van der Waals surface area contributed by atoms with Gasteiger partial charge in [-0.3, -0.25) is 4.79 Å². The number of carbonyl (C=O) groups excluding carboxylic acids is 1. The highest BCUT2D eigenvalue weighted by Crippen LogP contribution is 2.13. The first kappa shape index (κ1) is 14.7. The zero-order valence-corrected chi connectivity index (χ0v) is 12.0. The Hall–Kier alpha value is -1.75. The maximum absolute atomic E-state index is 11.8. The highest BCUT2D eigenvalue weighted by atomic mass is 16.5. The van der Waals surface area contributed by atoms with Gasteiger partial charge in [0.2, 0.25) is 5.91 Å². The van der Waals surface area contributed by atoms with E-state index in [0.29, 0.717) is 24.8 Å². The first-order chi connectivity index (χ1) is 9.63. The van der Waals surface area contributed by atoms with Crippen molar-refractivity contribution < 1.29 is 9.53 Å². The summed E-state index contributed by atoms with van der Waals surface area (Å²) in [7, 11) is 2.11. The second-order valence-electron chi connectivity index (χ2n) is 5.31. The van der Waals surface area contributed by atoms with E-state index in [4.69, 9.17) is 10.5 Å². The summed E-state index contributed by atoms with van der Waals surface area (Å²) < 4.78 is 5.51. The largest absolute Gasteiger partial charge is 0.493 e. The number of ether oxygens (including phenoxy) is 1. The summed E-state index contributed by atoms with van der Waals surface area (Å²) in [5.74, 6) is 0.807. The maximum Gasteiger partial charge on any atom is 0.223 e. The molecular formula is C15H23N3O2. The average Bonchev–Trinajstić information content (AvgIpc) is 2.44. The van der Waals surface area contributed by atoms with Crippen molar-refractivity contribution in [3.8, 4) is 5.75 Å². The van der Waals surface area contributed by atoms with E-state index in [1.54, 1.807) is 12.1 Å². The van der Waals surface area contributed by atoms with Gasteiger partial charge in [-0.25, -0.2) is 0 Å². The number of likely N-dealkylation sites (tertiary alicyclic amines) is 1. The fourth-order valence-corrected chi connectivity index (χ4v) is 2.28. The van der Waals surface area contributed by atoms with Crippen LogP contribution in [0.2, 0.25) is 0 Å². The zero-order valence-electron chi connectivity index (χ0n) is 12.0. The molecule has 20 heavy (non-hydrogen) atoms. The number of piperidine rings is 1. The van der Waals surface area contributed by atoms with Gasteiger partial charge in [0, 0.05) is 11.7 Å². The second-order valence-corrected chi connectivity index (χ2v) is 5.31. The predicted molar refractivity (Wildman–Crippen MR) is 79.6 cm³/mol. The molecule has 1 fully saturated rings. The minimum atomic E-state index is 0.0648. The Morgan fingerprint density at radius 2 is 2.00 bits per heavy atom. The highest BCUT2D eigenvalue weighted by Gasteiger charge is 2.18. The van der Waals surface area contributed by atoms with Crippen LogP contribution in [0.5, 0.6) is 5.75 Å². The molecule has 0 saturated carbocycles. The molecule has 0 aromatic heterocycles. The predicted octanol–water partition coefficient (Wildman–Crippen LogP) is 1.25. The number of hydrogen-bond acceptors (Lipinski definition) is 4. The number of anilines is 1. The molecule has 0 atom stereocenters. The Balaban J connectivity index is 1.64. The van der Waals surface area contributed by atoms with Gasteiger partial charge in [0.05, 0.1) is 13.0 Å². The summed E-state index contributed by atoms with van der Waals surface area (Å²) in [6.07, 6.45) is 2.44. The molecule has 1 aromatic carbocycles. The molecule has 2 rings (SSSR count). The van der Waals surface area contributed by atoms with Gasteiger partial charge in [0.15, 0.2) is 0 Å². The van der Waals surface area contributed by atoms with Crippen LogP contribution < -0.4 is 15.8 Å². The fraction of sp³-hybridized carbons (Fsp3) is 0.533. The van der Waals surface area contributed by atoms with Crippen molar-refractivity contribution in [2.75, 3.05) is 32.5 Å². The average molecular weight is 277 g/mol. The van der Waals surface area contributed by atoms with Gasteiger partial charge in [-0.2, -0.15) is 0 Å².